The lowest BCUT2D eigenvalue weighted by Crippen LogP contribution is -2.41. The van der Waals surface area contributed by atoms with Gasteiger partial charge in [0.2, 0.25) is 15.9 Å². The van der Waals surface area contributed by atoms with Crippen LogP contribution in [0.4, 0.5) is 0 Å². The van der Waals surface area contributed by atoms with Crippen molar-refractivity contribution in [2.45, 2.75) is 32.2 Å². The molecule has 0 unspecified atom stereocenters. The van der Waals surface area contributed by atoms with Crippen molar-refractivity contribution in [2.75, 3.05) is 52.3 Å². The molecule has 2 rings (SSSR count). The summed E-state index contributed by atoms with van der Waals surface area (Å²) in [6, 6.07) is 7.57. The molecule has 1 aliphatic rings. The van der Waals surface area contributed by atoms with Gasteiger partial charge in [0, 0.05) is 39.1 Å². The molecular formula is C20H33N3O5S. The van der Waals surface area contributed by atoms with E-state index in [2.05, 4.69) is 14.9 Å². The minimum absolute atomic E-state index is 0.00640. The molecule has 1 heterocycles. The van der Waals surface area contributed by atoms with Gasteiger partial charge in [-0.05, 0) is 30.5 Å². The summed E-state index contributed by atoms with van der Waals surface area (Å²) in [5.74, 6) is 0.907. The molecule has 0 aliphatic carbocycles. The Morgan fingerprint density at radius 3 is 2.55 bits per heavy atom. The summed E-state index contributed by atoms with van der Waals surface area (Å²) in [5.41, 5.74) is 1.02. The van der Waals surface area contributed by atoms with E-state index < -0.39 is 10.0 Å². The first-order valence-corrected chi connectivity index (χ1v) is 11.8. The minimum Gasteiger partial charge on any atom is -0.497 e. The minimum atomic E-state index is -3.25. The third kappa shape index (κ3) is 10.1. The number of carbonyl (C=O) groups is 1. The molecule has 1 aliphatic heterocycles. The monoisotopic (exact) mass is 427 g/mol. The summed E-state index contributed by atoms with van der Waals surface area (Å²) in [6.45, 7) is 4.35. The number of sulfonamides is 1. The number of hydrogen-bond acceptors (Lipinski definition) is 6. The number of nitrogens with zero attached hydrogens (tertiary/aromatic N) is 1. The van der Waals surface area contributed by atoms with Crippen LogP contribution < -0.4 is 14.8 Å². The van der Waals surface area contributed by atoms with E-state index >= 15 is 0 Å². The second-order valence-electron chi connectivity index (χ2n) is 7.10. The fourth-order valence-electron chi connectivity index (χ4n) is 2.99. The highest BCUT2D eigenvalue weighted by Crippen LogP contribution is 2.11. The van der Waals surface area contributed by atoms with E-state index in [1.54, 1.807) is 7.11 Å². The van der Waals surface area contributed by atoms with Crippen molar-refractivity contribution in [3.8, 4) is 5.75 Å². The molecule has 0 spiro atoms. The number of unbranched alkanes of at least 4 members (excludes halogenated alkanes) is 2. The standard InChI is InChI=1S/C20H33N3O5S/c1-27-19-8-6-18(7-9-19)17-21-20(24)5-3-2-4-10-22-29(25,26)16-13-23-11-14-28-15-12-23/h6-9,22H,2-5,10-17H2,1H3,(H,21,24). The summed E-state index contributed by atoms with van der Waals surface area (Å²) in [5, 5.41) is 2.89. The predicted octanol–water partition coefficient (Wildman–Crippen LogP) is 1.12. The lowest BCUT2D eigenvalue weighted by molar-refractivity contribution is -0.121. The predicted molar refractivity (Wildman–Crippen MR) is 112 cm³/mol. The van der Waals surface area contributed by atoms with Gasteiger partial charge >= 0.3 is 0 Å². The van der Waals surface area contributed by atoms with Gasteiger partial charge in [0.05, 0.1) is 26.1 Å². The molecule has 29 heavy (non-hydrogen) atoms. The fraction of sp³-hybridized carbons (Fsp3) is 0.650. The number of ether oxygens (including phenoxy) is 2. The molecule has 9 heteroatoms. The lowest BCUT2D eigenvalue weighted by atomic mass is 10.2. The van der Waals surface area contributed by atoms with Gasteiger partial charge < -0.3 is 14.8 Å². The van der Waals surface area contributed by atoms with Gasteiger partial charge in [0.25, 0.3) is 0 Å². The summed E-state index contributed by atoms with van der Waals surface area (Å²) in [6.07, 6.45) is 2.72. The Bertz CT molecular complexity index is 703. The number of hydrogen-bond donors (Lipinski definition) is 2. The van der Waals surface area contributed by atoms with Crippen LogP contribution >= 0.6 is 0 Å². The Kier molecular flexibility index (Phi) is 10.4. The van der Waals surface area contributed by atoms with E-state index in [0.717, 1.165) is 43.7 Å². The molecule has 0 atom stereocenters. The molecule has 1 fully saturated rings. The first-order chi connectivity index (χ1) is 14.0. The van der Waals surface area contributed by atoms with E-state index in [-0.39, 0.29) is 11.7 Å². The number of benzene rings is 1. The van der Waals surface area contributed by atoms with Crippen LogP contribution in [0.3, 0.4) is 0 Å². The largest absolute Gasteiger partial charge is 0.497 e. The van der Waals surface area contributed by atoms with Gasteiger partial charge in [-0.25, -0.2) is 13.1 Å². The Morgan fingerprint density at radius 2 is 1.86 bits per heavy atom. The van der Waals surface area contributed by atoms with Crippen molar-refractivity contribution in [1.82, 2.24) is 14.9 Å². The van der Waals surface area contributed by atoms with Crippen LogP contribution in [0.1, 0.15) is 31.2 Å². The number of carbonyl (C=O) groups excluding carboxylic acids is 1. The third-order valence-corrected chi connectivity index (χ3v) is 6.20. The van der Waals surface area contributed by atoms with Gasteiger partial charge in [0.15, 0.2) is 0 Å². The lowest BCUT2D eigenvalue weighted by Gasteiger charge is -2.26. The Balaban J connectivity index is 1.49. The molecule has 0 bridgehead atoms. The maximum Gasteiger partial charge on any atom is 0.220 e. The summed E-state index contributed by atoms with van der Waals surface area (Å²) >= 11 is 0. The van der Waals surface area contributed by atoms with Crippen LogP contribution in [0, 0.1) is 0 Å². The third-order valence-electron chi connectivity index (χ3n) is 4.83. The highest BCUT2D eigenvalue weighted by molar-refractivity contribution is 7.89. The molecule has 1 aromatic carbocycles. The zero-order valence-electron chi connectivity index (χ0n) is 17.2. The van der Waals surface area contributed by atoms with Crippen LogP contribution in [0.5, 0.6) is 5.75 Å². The second kappa shape index (κ2) is 12.8. The Morgan fingerprint density at radius 1 is 1.14 bits per heavy atom. The molecule has 1 saturated heterocycles. The van der Waals surface area contributed by atoms with Gasteiger partial charge in [-0.1, -0.05) is 18.6 Å². The molecule has 2 N–H and O–H groups in total. The van der Waals surface area contributed by atoms with E-state index in [4.69, 9.17) is 9.47 Å². The highest BCUT2D eigenvalue weighted by Gasteiger charge is 2.15. The first-order valence-electron chi connectivity index (χ1n) is 10.2. The highest BCUT2D eigenvalue weighted by atomic mass is 32.2. The molecule has 1 aromatic rings. The van der Waals surface area contributed by atoms with E-state index in [0.29, 0.717) is 39.3 Å². The van der Waals surface area contributed by atoms with E-state index in [1.165, 1.54) is 0 Å². The van der Waals surface area contributed by atoms with Crippen LogP contribution in [-0.2, 0) is 26.1 Å². The molecule has 0 radical (unpaired) electrons. The summed E-state index contributed by atoms with van der Waals surface area (Å²) in [7, 11) is -1.63. The van der Waals surface area contributed by atoms with Gasteiger partial charge in [0.1, 0.15) is 5.75 Å². The average Bonchev–Trinajstić information content (AvgIpc) is 2.74. The van der Waals surface area contributed by atoms with Crippen LogP contribution in [0.25, 0.3) is 0 Å². The number of rotatable bonds is 13. The first kappa shape index (κ1) is 23.6. The van der Waals surface area contributed by atoms with E-state index in [1.807, 2.05) is 24.3 Å². The van der Waals surface area contributed by atoms with E-state index in [9.17, 15) is 13.2 Å². The van der Waals surface area contributed by atoms with Crippen molar-refractivity contribution in [1.29, 1.82) is 0 Å². The molecule has 0 aromatic heterocycles. The van der Waals surface area contributed by atoms with Crippen molar-refractivity contribution < 1.29 is 22.7 Å². The van der Waals surface area contributed by atoms with Gasteiger partial charge in [-0.3, -0.25) is 9.69 Å². The quantitative estimate of drug-likeness (QED) is 0.458. The number of morpholine rings is 1. The van der Waals surface area contributed by atoms with Crippen molar-refractivity contribution in [3.63, 3.8) is 0 Å². The molecule has 164 valence electrons. The Hall–Kier alpha value is -1.68. The average molecular weight is 428 g/mol. The smallest absolute Gasteiger partial charge is 0.220 e. The van der Waals surface area contributed by atoms with Gasteiger partial charge in [-0.15, -0.1) is 0 Å². The summed E-state index contributed by atoms with van der Waals surface area (Å²) in [4.78, 5) is 14.0. The normalized spacial score (nSPS) is 15.2. The number of amides is 1. The molecule has 8 nitrogen and oxygen atoms in total. The SMILES string of the molecule is COc1ccc(CNC(=O)CCCCCNS(=O)(=O)CCN2CCOCC2)cc1. The Labute approximate surface area is 174 Å². The van der Waals surface area contributed by atoms with Crippen LogP contribution in [0.2, 0.25) is 0 Å². The van der Waals surface area contributed by atoms with Crippen molar-refractivity contribution in [3.05, 3.63) is 29.8 Å². The van der Waals surface area contributed by atoms with Gasteiger partial charge in [-0.2, -0.15) is 0 Å². The maximum atomic E-state index is 12.0. The molecular weight excluding hydrogens is 394 g/mol. The van der Waals surface area contributed by atoms with Crippen molar-refractivity contribution >= 4 is 15.9 Å². The van der Waals surface area contributed by atoms with Crippen LogP contribution in [-0.4, -0.2) is 71.5 Å². The second-order valence-corrected chi connectivity index (χ2v) is 9.03. The molecule has 0 saturated carbocycles. The topological polar surface area (TPSA) is 97.0 Å². The van der Waals surface area contributed by atoms with Crippen molar-refractivity contribution in [2.24, 2.45) is 0 Å². The zero-order valence-corrected chi connectivity index (χ0v) is 18.0. The maximum absolute atomic E-state index is 12.0. The zero-order chi connectivity index (χ0) is 21.0. The van der Waals surface area contributed by atoms with Crippen LogP contribution in [0.15, 0.2) is 24.3 Å². The molecule has 1 amide bonds. The number of methoxy groups -OCH3 is 1. The summed E-state index contributed by atoms with van der Waals surface area (Å²) < 4.78 is 37.1. The number of nitrogens with one attached hydrogen (secondary N) is 2. The fourth-order valence-corrected chi connectivity index (χ4v) is 4.09.